The zero-order valence-electron chi connectivity index (χ0n) is 13.7. The summed E-state index contributed by atoms with van der Waals surface area (Å²) in [6.07, 6.45) is 4.76. The summed E-state index contributed by atoms with van der Waals surface area (Å²) >= 11 is 0. The van der Waals surface area contributed by atoms with Gasteiger partial charge in [-0.15, -0.1) is 0 Å². The SMILES string of the molecule is Cc1ccccc1[C@@H]1C[C@H]1C(=O)N1CCCC[C@H]1CCC(=O)O. The zero-order valence-corrected chi connectivity index (χ0v) is 13.7. The molecule has 0 spiro atoms. The van der Waals surface area contributed by atoms with Crippen LogP contribution in [-0.2, 0) is 9.59 Å². The molecule has 1 heterocycles. The molecule has 1 aliphatic carbocycles. The standard InChI is InChI=1S/C19H25NO3/c1-13-6-2-3-8-15(13)16-12-17(16)19(23)20-11-5-4-7-14(20)9-10-18(21)22/h2-3,6,8,14,16-17H,4-5,7,9-12H2,1H3,(H,21,22)/t14-,16-,17+/m0/s1. The van der Waals surface area contributed by atoms with Gasteiger partial charge in [0.15, 0.2) is 0 Å². The van der Waals surface area contributed by atoms with E-state index in [0.29, 0.717) is 12.3 Å². The minimum absolute atomic E-state index is 0.0986. The number of piperidine rings is 1. The van der Waals surface area contributed by atoms with Crippen molar-refractivity contribution < 1.29 is 14.7 Å². The summed E-state index contributed by atoms with van der Waals surface area (Å²) in [6, 6.07) is 8.42. The first-order chi connectivity index (χ1) is 11.1. The highest BCUT2D eigenvalue weighted by atomic mass is 16.4. The quantitative estimate of drug-likeness (QED) is 0.906. The molecule has 1 saturated heterocycles. The fraction of sp³-hybridized carbons (Fsp3) is 0.579. The largest absolute Gasteiger partial charge is 0.481 e. The van der Waals surface area contributed by atoms with Crippen LogP contribution in [0.2, 0.25) is 0 Å². The van der Waals surface area contributed by atoms with Crippen LogP contribution < -0.4 is 0 Å². The molecule has 1 aromatic carbocycles. The van der Waals surface area contributed by atoms with Crippen LogP contribution in [0.1, 0.15) is 55.6 Å². The Morgan fingerprint density at radius 2 is 2.04 bits per heavy atom. The van der Waals surface area contributed by atoms with Crippen LogP contribution in [-0.4, -0.2) is 34.5 Å². The third-order valence-corrected chi connectivity index (χ3v) is 5.30. The minimum atomic E-state index is -0.771. The number of hydrogen-bond donors (Lipinski definition) is 1. The Hall–Kier alpha value is -1.84. The van der Waals surface area contributed by atoms with Crippen molar-refractivity contribution in [1.82, 2.24) is 4.90 Å². The summed E-state index contributed by atoms with van der Waals surface area (Å²) in [5, 5.41) is 8.91. The van der Waals surface area contributed by atoms with Crippen molar-refractivity contribution in [3.8, 4) is 0 Å². The van der Waals surface area contributed by atoms with Gasteiger partial charge in [0.2, 0.25) is 5.91 Å². The number of carbonyl (C=O) groups is 2. The topological polar surface area (TPSA) is 57.6 Å². The molecule has 3 atom stereocenters. The Kier molecular flexibility index (Phi) is 4.69. The summed E-state index contributed by atoms with van der Waals surface area (Å²) in [6.45, 7) is 2.89. The van der Waals surface area contributed by atoms with E-state index >= 15 is 0 Å². The number of rotatable bonds is 5. The Labute approximate surface area is 137 Å². The number of likely N-dealkylation sites (tertiary alicyclic amines) is 1. The molecule has 1 saturated carbocycles. The maximum atomic E-state index is 12.9. The predicted molar refractivity (Wildman–Crippen MR) is 88.2 cm³/mol. The van der Waals surface area contributed by atoms with Crippen molar-refractivity contribution in [2.75, 3.05) is 6.54 Å². The lowest BCUT2D eigenvalue weighted by atomic mass is 9.96. The molecule has 1 amide bonds. The van der Waals surface area contributed by atoms with Gasteiger partial charge in [-0.2, -0.15) is 0 Å². The van der Waals surface area contributed by atoms with Crippen LogP contribution in [0.5, 0.6) is 0 Å². The van der Waals surface area contributed by atoms with Crippen LogP contribution in [0.4, 0.5) is 0 Å². The van der Waals surface area contributed by atoms with Gasteiger partial charge in [0.1, 0.15) is 0 Å². The van der Waals surface area contributed by atoms with Gasteiger partial charge in [-0.3, -0.25) is 9.59 Å². The number of aliphatic carboxylic acids is 1. The van der Waals surface area contributed by atoms with Crippen LogP contribution >= 0.6 is 0 Å². The summed E-state index contributed by atoms with van der Waals surface area (Å²) in [4.78, 5) is 25.7. The summed E-state index contributed by atoms with van der Waals surface area (Å²) in [5.74, 6) is -0.0761. The van der Waals surface area contributed by atoms with E-state index in [2.05, 4.69) is 19.1 Å². The third kappa shape index (κ3) is 3.57. The van der Waals surface area contributed by atoms with E-state index in [9.17, 15) is 9.59 Å². The monoisotopic (exact) mass is 315 g/mol. The first-order valence-electron chi connectivity index (χ1n) is 8.65. The second kappa shape index (κ2) is 6.73. The molecule has 1 aliphatic heterocycles. The molecule has 4 heteroatoms. The Balaban J connectivity index is 1.65. The second-order valence-electron chi connectivity index (χ2n) is 6.92. The number of carboxylic acid groups (broad SMARTS) is 1. The molecule has 1 aromatic rings. The molecule has 0 unspecified atom stereocenters. The summed E-state index contributed by atoms with van der Waals surface area (Å²) < 4.78 is 0. The summed E-state index contributed by atoms with van der Waals surface area (Å²) in [5.41, 5.74) is 2.55. The average molecular weight is 315 g/mol. The second-order valence-corrected chi connectivity index (χ2v) is 6.92. The van der Waals surface area contributed by atoms with Gasteiger partial charge in [-0.1, -0.05) is 24.3 Å². The van der Waals surface area contributed by atoms with Gasteiger partial charge in [-0.25, -0.2) is 0 Å². The molecule has 0 radical (unpaired) electrons. The average Bonchev–Trinajstić information content (AvgIpc) is 3.33. The van der Waals surface area contributed by atoms with Gasteiger partial charge >= 0.3 is 5.97 Å². The van der Waals surface area contributed by atoms with Crippen molar-refractivity contribution in [2.45, 2.75) is 57.4 Å². The predicted octanol–water partition coefficient (Wildman–Crippen LogP) is 3.34. The highest BCUT2D eigenvalue weighted by Crippen LogP contribution is 2.50. The number of nitrogens with zero attached hydrogens (tertiary/aromatic N) is 1. The van der Waals surface area contributed by atoms with E-state index in [-0.39, 0.29) is 24.3 Å². The van der Waals surface area contributed by atoms with Crippen molar-refractivity contribution in [3.63, 3.8) is 0 Å². The Morgan fingerprint density at radius 1 is 1.26 bits per heavy atom. The normalized spacial score (nSPS) is 26.8. The lowest BCUT2D eigenvalue weighted by Crippen LogP contribution is -2.44. The number of aryl methyl sites for hydroxylation is 1. The van der Waals surface area contributed by atoms with Crippen molar-refractivity contribution in [3.05, 3.63) is 35.4 Å². The van der Waals surface area contributed by atoms with E-state index in [4.69, 9.17) is 5.11 Å². The fourth-order valence-electron chi connectivity index (χ4n) is 3.91. The van der Waals surface area contributed by atoms with E-state index in [1.54, 1.807) is 0 Å². The van der Waals surface area contributed by atoms with E-state index in [1.165, 1.54) is 11.1 Å². The first-order valence-corrected chi connectivity index (χ1v) is 8.65. The smallest absolute Gasteiger partial charge is 0.303 e. The number of carboxylic acids is 1. The highest BCUT2D eigenvalue weighted by molar-refractivity contribution is 5.83. The van der Waals surface area contributed by atoms with Gasteiger partial charge < -0.3 is 10.0 Å². The van der Waals surface area contributed by atoms with Crippen LogP contribution in [0.3, 0.4) is 0 Å². The van der Waals surface area contributed by atoms with Crippen LogP contribution in [0, 0.1) is 12.8 Å². The molecular formula is C19H25NO3. The number of benzene rings is 1. The van der Waals surface area contributed by atoms with Crippen LogP contribution in [0.25, 0.3) is 0 Å². The van der Waals surface area contributed by atoms with Gasteiger partial charge in [0, 0.05) is 24.9 Å². The molecule has 3 rings (SSSR count). The maximum Gasteiger partial charge on any atom is 0.303 e. The highest BCUT2D eigenvalue weighted by Gasteiger charge is 2.47. The first kappa shape index (κ1) is 16.0. The molecule has 4 nitrogen and oxygen atoms in total. The minimum Gasteiger partial charge on any atom is -0.481 e. The molecule has 0 aromatic heterocycles. The Morgan fingerprint density at radius 3 is 2.78 bits per heavy atom. The lowest BCUT2D eigenvalue weighted by Gasteiger charge is -2.36. The molecule has 23 heavy (non-hydrogen) atoms. The zero-order chi connectivity index (χ0) is 16.4. The van der Waals surface area contributed by atoms with Crippen molar-refractivity contribution >= 4 is 11.9 Å². The molecule has 1 N–H and O–H groups in total. The van der Waals surface area contributed by atoms with E-state index in [1.807, 2.05) is 17.0 Å². The van der Waals surface area contributed by atoms with Gasteiger partial charge in [0.05, 0.1) is 0 Å². The maximum absolute atomic E-state index is 12.9. The molecular weight excluding hydrogens is 290 g/mol. The molecule has 2 aliphatic rings. The number of carbonyl (C=O) groups excluding carboxylic acids is 1. The molecule has 124 valence electrons. The Bertz CT molecular complexity index is 598. The van der Waals surface area contributed by atoms with E-state index < -0.39 is 5.97 Å². The van der Waals surface area contributed by atoms with Crippen molar-refractivity contribution in [2.24, 2.45) is 5.92 Å². The van der Waals surface area contributed by atoms with Gasteiger partial charge in [-0.05, 0) is 56.1 Å². The molecule has 0 bridgehead atoms. The van der Waals surface area contributed by atoms with Crippen molar-refractivity contribution in [1.29, 1.82) is 0 Å². The number of amides is 1. The third-order valence-electron chi connectivity index (χ3n) is 5.30. The van der Waals surface area contributed by atoms with Crippen LogP contribution in [0.15, 0.2) is 24.3 Å². The lowest BCUT2D eigenvalue weighted by molar-refractivity contribution is -0.140. The van der Waals surface area contributed by atoms with Gasteiger partial charge in [0.25, 0.3) is 0 Å². The number of hydrogen-bond acceptors (Lipinski definition) is 2. The fourth-order valence-corrected chi connectivity index (χ4v) is 3.91. The summed E-state index contributed by atoms with van der Waals surface area (Å²) in [7, 11) is 0. The molecule has 2 fully saturated rings. The van der Waals surface area contributed by atoms with E-state index in [0.717, 1.165) is 32.2 Å².